The summed E-state index contributed by atoms with van der Waals surface area (Å²) in [5.41, 5.74) is -4.86. The van der Waals surface area contributed by atoms with Crippen LogP contribution in [-0.2, 0) is 4.79 Å². The molecule has 0 bridgehead atoms. The molecule has 1 aliphatic rings. The van der Waals surface area contributed by atoms with Crippen LogP contribution >= 0.6 is 27.5 Å². The number of nitrogens with zero attached hydrogens (tertiary/aromatic N) is 1. The number of halogens is 6. The van der Waals surface area contributed by atoms with Crippen molar-refractivity contribution in [2.45, 2.75) is 17.7 Å². The number of allylic oxidation sites excluding steroid dienone is 2. The third-order valence-electron chi connectivity index (χ3n) is 3.27. The molecule has 0 spiro atoms. The van der Waals surface area contributed by atoms with E-state index in [1.807, 2.05) is 0 Å². The van der Waals surface area contributed by atoms with Gasteiger partial charge >= 0.3 is 12.1 Å². The molecule has 2 rings (SSSR count). The third-order valence-corrected chi connectivity index (χ3v) is 4.67. The van der Waals surface area contributed by atoms with E-state index in [1.165, 1.54) is 12.3 Å². The highest BCUT2D eigenvalue weighted by molar-refractivity contribution is 9.10. The van der Waals surface area contributed by atoms with E-state index in [2.05, 4.69) is 26.1 Å². The Morgan fingerprint density at radius 2 is 2.09 bits per heavy atom. The van der Waals surface area contributed by atoms with Crippen LogP contribution in [0, 0.1) is 5.41 Å². The van der Waals surface area contributed by atoms with E-state index >= 15 is 0 Å². The van der Waals surface area contributed by atoms with Gasteiger partial charge in [-0.2, -0.15) is 18.3 Å². The number of carbonyl (C=O) groups is 1. The first-order valence-corrected chi connectivity index (χ1v) is 6.92. The fourth-order valence-electron chi connectivity index (χ4n) is 2.06. The van der Waals surface area contributed by atoms with Crippen molar-refractivity contribution in [3.8, 4) is 0 Å². The van der Waals surface area contributed by atoms with Gasteiger partial charge in [0.25, 0.3) is 0 Å². The van der Waals surface area contributed by atoms with E-state index in [0.29, 0.717) is 0 Å². The number of hydrogen-bond donors (Lipinski definition) is 2. The number of carboxylic acids is 1. The quantitative estimate of drug-likeness (QED) is 0.445. The Bertz CT molecular complexity index is 682. The van der Waals surface area contributed by atoms with E-state index < -0.39 is 38.3 Å². The number of hydrogen-bond acceptors (Lipinski definition) is 2. The van der Waals surface area contributed by atoms with Crippen molar-refractivity contribution in [2.75, 3.05) is 0 Å². The van der Waals surface area contributed by atoms with Crippen LogP contribution in [0.15, 0.2) is 28.9 Å². The molecule has 1 aliphatic carbocycles. The molecule has 0 saturated carbocycles. The molecular formula is C12H8BrClF4N2O2. The molecular weight excluding hydrogens is 395 g/mol. The van der Waals surface area contributed by atoms with Crippen LogP contribution in [0.3, 0.4) is 0 Å². The summed E-state index contributed by atoms with van der Waals surface area (Å²) in [6.07, 6.45) is -3.59. The lowest BCUT2D eigenvalue weighted by atomic mass is 9.77. The molecule has 0 radical (unpaired) electrons. The Morgan fingerprint density at radius 3 is 2.50 bits per heavy atom. The largest absolute Gasteiger partial charge is 0.480 e. The van der Waals surface area contributed by atoms with Crippen LogP contribution in [0.1, 0.15) is 12.6 Å². The van der Waals surface area contributed by atoms with Crippen molar-refractivity contribution in [1.29, 1.82) is 0 Å². The highest BCUT2D eigenvalue weighted by Gasteiger charge is 2.58. The maximum Gasteiger partial charge on any atom is 0.416 e. The van der Waals surface area contributed by atoms with Crippen LogP contribution in [0.5, 0.6) is 0 Å². The van der Waals surface area contributed by atoms with E-state index in [9.17, 15) is 27.5 Å². The van der Waals surface area contributed by atoms with Crippen molar-refractivity contribution in [2.24, 2.45) is 5.41 Å². The first-order chi connectivity index (χ1) is 9.92. The van der Waals surface area contributed by atoms with E-state index in [1.54, 1.807) is 0 Å². The zero-order valence-electron chi connectivity index (χ0n) is 10.8. The summed E-state index contributed by atoms with van der Waals surface area (Å²) in [5, 5.41) is 14.6. The van der Waals surface area contributed by atoms with Crippen molar-refractivity contribution >= 4 is 39.1 Å². The Morgan fingerprint density at radius 1 is 1.50 bits per heavy atom. The number of aliphatic carboxylic acids is 1. The summed E-state index contributed by atoms with van der Waals surface area (Å²) in [6.45, 7) is 0.957. The average molecular weight is 404 g/mol. The highest BCUT2D eigenvalue weighted by atomic mass is 79.9. The lowest BCUT2D eigenvalue weighted by Crippen LogP contribution is -2.40. The van der Waals surface area contributed by atoms with Crippen LogP contribution in [0.4, 0.5) is 17.6 Å². The van der Waals surface area contributed by atoms with Crippen molar-refractivity contribution in [1.82, 2.24) is 10.2 Å². The standard InChI is InChI=1S/C12H8BrClF4N2O2/c1-10(9(21)22)4-6(12(16,17)18)11(13,15)7(8(10)14)5-2-3-19-20-5/h2-4H,1H3,(H,19,20)(H,21,22). The number of aromatic nitrogens is 2. The number of H-pyrrole nitrogens is 1. The lowest BCUT2D eigenvalue weighted by molar-refractivity contribution is -0.143. The monoisotopic (exact) mass is 402 g/mol. The fraction of sp³-hybridized carbons (Fsp3) is 0.333. The van der Waals surface area contributed by atoms with Gasteiger partial charge in [0.05, 0.1) is 11.3 Å². The molecule has 120 valence electrons. The van der Waals surface area contributed by atoms with Crippen molar-refractivity contribution < 1.29 is 27.5 Å². The maximum absolute atomic E-state index is 14.9. The molecule has 2 unspecified atom stereocenters. The SMILES string of the molecule is CC1(C(=O)O)C=C(C(F)(F)F)C(F)(Br)C(c2cc[nH]n2)=C1Cl. The topological polar surface area (TPSA) is 66.0 Å². The molecule has 0 saturated heterocycles. The molecule has 1 aromatic rings. The number of alkyl halides is 5. The Hall–Kier alpha value is -1.35. The molecule has 0 amide bonds. The molecule has 10 heteroatoms. The van der Waals surface area contributed by atoms with Gasteiger partial charge in [0.1, 0.15) is 5.41 Å². The second-order valence-corrected chi connectivity index (χ2v) is 6.26. The molecule has 1 heterocycles. The third kappa shape index (κ3) is 2.45. The molecule has 1 aromatic heterocycles. The molecule has 2 atom stereocenters. The van der Waals surface area contributed by atoms with Crippen molar-refractivity contribution in [3.63, 3.8) is 0 Å². The minimum absolute atomic E-state index is 0.230. The maximum atomic E-state index is 14.9. The van der Waals surface area contributed by atoms with Crippen LogP contribution in [0.25, 0.3) is 5.57 Å². The second-order valence-electron chi connectivity index (χ2n) is 4.79. The van der Waals surface area contributed by atoms with Gasteiger partial charge in [-0.3, -0.25) is 9.89 Å². The minimum Gasteiger partial charge on any atom is -0.480 e. The predicted octanol–water partition coefficient (Wildman–Crippen LogP) is 4.01. The molecule has 2 N–H and O–H groups in total. The zero-order valence-corrected chi connectivity index (χ0v) is 13.1. The minimum atomic E-state index is -5.10. The number of nitrogens with one attached hydrogen (secondary N) is 1. The van der Waals surface area contributed by atoms with E-state index in [0.717, 1.165) is 6.92 Å². The molecule has 0 aliphatic heterocycles. The summed E-state index contributed by atoms with van der Waals surface area (Å²) < 4.78 is 51.1. The first kappa shape index (κ1) is 17.0. The summed E-state index contributed by atoms with van der Waals surface area (Å²) in [6, 6.07) is 1.19. The van der Waals surface area contributed by atoms with Gasteiger partial charge in [0, 0.05) is 16.8 Å². The summed E-state index contributed by atoms with van der Waals surface area (Å²) in [4.78, 5) is 11.4. The van der Waals surface area contributed by atoms with Crippen molar-refractivity contribution in [3.05, 3.63) is 34.6 Å². The number of carboxylic acid groups (broad SMARTS) is 1. The molecule has 22 heavy (non-hydrogen) atoms. The summed E-state index contributed by atoms with van der Waals surface area (Å²) in [5.74, 6) is -1.64. The lowest BCUT2D eigenvalue weighted by Gasteiger charge is -2.36. The number of rotatable bonds is 2. The molecule has 0 aromatic carbocycles. The van der Waals surface area contributed by atoms with Gasteiger partial charge in [-0.25, -0.2) is 4.39 Å². The zero-order chi connectivity index (χ0) is 16.9. The fourth-order valence-corrected chi connectivity index (χ4v) is 3.28. The number of aromatic amines is 1. The predicted molar refractivity (Wildman–Crippen MR) is 74.0 cm³/mol. The highest BCUT2D eigenvalue weighted by Crippen LogP contribution is 2.57. The molecule has 0 fully saturated rings. The van der Waals surface area contributed by atoms with Crippen LogP contribution < -0.4 is 0 Å². The van der Waals surface area contributed by atoms with Gasteiger partial charge in [-0.1, -0.05) is 11.6 Å². The Balaban J connectivity index is 2.82. The van der Waals surface area contributed by atoms with Gasteiger partial charge in [0.15, 0.2) is 0 Å². The van der Waals surface area contributed by atoms with E-state index in [4.69, 9.17) is 11.6 Å². The van der Waals surface area contributed by atoms with Gasteiger partial charge in [-0.05, 0) is 35.0 Å². The van der Waals surface area contributed by atoms with E-state index in [-0.39, 0.29) is 11.8 Å². The molecule has 4 nitrogen and oxygen atoms in total. The summed E-state index contributed by atoms with van der Waals surface area (Å²) in [7, 11) is 0. The van der Waals surface area contributed by atoms with Gasteiger partial charge in [0.2, 0.25) is 4.58 Å². The smallest absolute Gasteiger partial charge is 0.416 e. The van der Waals surface area contributed by atoms with Gasteiger partial charge in [-0.15, -0.1) is 0 Å². The average Bonchev–Trinajstić information content (AvgIpc) is 2.85. The normalized spacial score (nSPS) is 29.5. The summed E-state index contributed by atoms with van der Waals surface area (Å²) >= 11 is 8.32. The van der Waals surface area contributed by atoms with Crippen LogP contribution in [0.2, 0.25) is 0 Å². The first-order valence-electron chi connectivity index (χ1n) is 5.75. The second kappa shape index (κ2) is 5.09. The Kier molecular flexibility index (Phi) is 3.93. The van der Waals surface area contributed by atoms with Gasteiger partial charge < -0.3 is 5.11 Å². The Labute approximate surface area is 135 Å². The van der Waals surface area contributed by atoms with Crippen LogP contribution in [-0.4, -0.2) is 32.0 Å².